The van der Waals surface area contributed by atoms with Gasteiger partial charge in [-0.25, -0.2) is 0 Å². The third-order valence-corrected chi connectivity index (χ3v) is 4.35. The minimum Gasteiger partial charge on any atom is -0.374 e. The average molecular weight is 255 g/mol. The first-order valence-electron chi connectivity index (χ1n) is 7.50. The van der Waals surface area contributed by atoms with Crippen LogP contribution in [-0.2, 0) is 4.74 Å². The van der Waals surface area contributed by atoms with Gasteiger partial charge in [0.15, 0.2) is 0 Å². The van der Waals surface area contributed by atoms with Crippen LogP contribution in [0.5, 0.6) is 0 Å². The normalized spacial score (nSPS) is 26.8. The molecule has 18 heavy (non-hydrogen) atoms. The Kier molecular flexibility index (Phi) is 5.42. The van der Waals surface area contributed by atoms with E-state index in [1.807, 2.05) is 0 Å². The predicted molar refractivity (Wildman–Crippen MR) is 74.7 cm³/mol. The Bertz CT molecular complexity index is 243. The molecule has 2 N–H and O–H groups in total. The molecule has 0 aromatic carbocycles. The van der Waals surface area contributed by atoms with E-state index in [4.69, 9.17) is 10.5 Å². The number of nitrogens with two attached hydrogens (primary N) is 1. The summed E-state index contributed by atoms with van der Waals surface area (Å²) in [4.78, 5) is 5.08. The smallest absolute Gasteiger partial charge is 0.0829 e. The summed E-state index contributed by atoms with van der Waals surface area (Å²) >= 11 is 0. The van der Waals surface area contributed by atoms with Gasteiger partial charge in [-0.15, -0.1) is 0 Å². The lowest BCUT2D eigenvalue weighted by atomic mass is 9.91. The molecule has 1 aliphatic heterocycles. The second-order valence-corrected chi connectivity index (χ2v) is 5.95. The first-order chi connectivity index (χ1) is 8.70. The van der Waals surface area contributed by atoms with Gasteiger partial charge in [-0.3, -0.25) is 9.80 Å². The number of hydrogen-bond donors (Lipinski definition) is 1. The SMILES string of the molecule is CC(C)N1CCOC(CN(CCN)C2CCC2)C1. The van der Waals surface area contributed by atoms with Crippen LogP contribution in [0.15, 0.2) is 0 Å². The van der Waals surface area contributed by atoms with Crippen LogP contribution in [0.1, 0.15) is 33.1 Å². The molecule has 0 aromatic rings. The molecule has 0 amide bonds. The Hall–Kier alpha value is -0.160. The lowest BCUT2D eigenvalue weighted by Crippen LogP contribution is -2.53. The maximum absolute atomic E-state index is 5.93. The summed E-state index contributed by atoms with van der Waals surface area (Å²) in [5, 5.41) is 0. The van der Waals surface area contributed by atoms with Gasteiger partial charge >= 0.3 is 0 Å². The molecule has 2 aliphatic rings. The van der Waals surface area contributed by atoms with E-state index in [0.717, 1.165) is 45.4 Å². The van der Waals surface area contributed by atoms with Crippen molar-refractivity contribution in [3.8, 4) is 0 Å². The van der Waals surface area contributed by atoms with E-state index in [-0.39, 0.29) is 0 Å². The minimum absolute atomic E-state index is 0.369. The minimum atomic E-state index is 0.369. The van der Waals surface area contributed by atoms with Crippen molar-refractivity contribution in [2.45, 2.75) is 51.3 Å². The van der Waals surface area contributed by atoms with Crippen molar-refractivity contribution in [3.63, 3.8) is 0 Å². The van der Waals surface area contributed by atoms with Crippen LogP contribution in [0.4, 0.5) is 0 Å². The molecule has 0 radical (unpaired) electrons. The predicted octanol–water partition coefficient (Wildman–Crippen LogP) is 0.909. The van der Waals surface area contributed by atoms with Crippen LogP contribution in [0.2, 0.25) is 0 Å². The summed E-state index contributed by atoms with van der Waals surface area (Å²) in [7, 11) is 0. The lowest BCUT2D eigenvalue weighted by molar-refractivity contribution is -0.0607. The van der Waals surface area contributed by atoms with Gasteiger partial charge in [-0.1, -0.05) is 6.42 Å². The van der Waals surface area contributed by atoms with Gasteiger partial charge in [0, 0.05) is 44.8 Å². The van der Waals surface area contributed by atoms with Crippen LogP contribution in [-0.4, -0.2) is 67.3 Å². The van der Waals surface area contributed by atoms with E-state index in [9.17, 15) is 0 Å². The highest BCUT2D eigenvalue weighted by atomic mass is 16.5. The van der Waals surface area contributed by atoms with Crippen molar-refractivity contribution in [1.82, 2.24) is 9.80 Å². The molecule has 4 heteroatoms. The van der Waals surface area contributed by atoms with Crippen molar-refractivity contribution < 1.29 is 4.74 Å². The molecule has 1 unspecified atom stereocenters. The van der Waals surface area contributed by atoms with Crippen LogP contribution in [0.25, 0.3) is 0 Å². The topological polar surface area (TPSA) is 41.7 Å². The van der Waals surface area contributed by atoms with E-state index in [1.54, 1.807) is 0 Å². The van der Waals surface area contributed by atoms with E-state index >= 15 is 0 Å². The highest BCUT2D eigenvalue weighted by Gasteiger charge is 2.29. The number of morpholine rings is 1. The first-order valence-corrected chi connectivity index (χ1v) is 7.50. The van der Waals surface area contributed by atoms with Crippen molar-refractivity contribution in [2.24, 2.45) is 5.73 Å². The Morgan fingerprint density at radius 3 is 2.72 bits per heavy atom. The molecule has 1 aliphatic carbocycles. The maximum Gasteiger partial charge on any atom is 0.0829 e. The molecule has 106 valence electrons. The van der Waals surface area contributed by atoms with E-state index in [0.29, 0.717) is 12.1 Å². The van der Waals surface area contributed by atoms with Crippen LogP contribution < -0.4 is 5.73 Å². The molecule has 1 saturated heterocycles. The van der Waals surface area contributed by atoms with Crippen molar-refractivity contribution >= 4 is 0 Å². The fourth-order valence-corrected chi connectivity index (χ4v) is 2.92. The fourth-order valence-electron chi connectivity index (χ4n) is 2.92. The van der Waals surface area contributed by atoms with E-state index < -0.39 is 0 Å². The van der Waals surface area contributed by atoms with Gasteiger partial charge < -0.3 is 10.5 Å². The van der Waals surface area contributed by atoms with Gasteiger partial charge in [0.25, 0.3) is 0 Å². The van der Waals surface area contributed by atoms with Crippen molar-refractivity contribution in [1.29, 1.82) is 0 Å². The Morgan fingerprint density at radius 2 is 2.17 bits per heavy atom. The highest BCUT2D eigenvalue weighted by molar-refractivity contribution is 4.84. The molecule has 2 rings (SSSR count). The molecular weight excluding hydrogens is 226 g/mol. The molecule has 0 bridgehead atoms. The molecule has 0 spiro atoms. The van der Waals surface area contributed by atoms with Crippen LogP contribution >= 0.6 is 0 Å². The quantitative estimate of drug-likeness (QED) is 0.766. The summed E-state index contributed by atoms with van der Waals surface area (Å²) in [5.41, 5.74) is 5.73. The summed E-state index contributed by atoms with van der Waals surface area (Å²) in [5.74, 6) is 0. The molecule has 4 nitrogen and oxygen atoms in total. The standard InChI is InChI=1S/C14H29N3O/c1-12(2)16-8-9-18-14(10-16)11-17(7-6-15)13-4-3-5-13/h12-14H,3-11,15H2,1-2H3. The summed E-state index contributed by atoms with van der Waals surface area (Å²) < 4.78 is 5.93. The van der Waals surface area contributed by atoms with Gasteiger partial charge in [0.05, 0.1) is 12.7 Å². The van der Waals surface area contributed by atoms with Gasteiger partial charge in [0.1, 0.15) is 0 Å². The highest BCUT2D eigenvalue weighted by Crippen LogP contribution is 2.25. The van der Waals surface area contributed by atoms with E-state index in [2.05, 4.69) is 23.6 Å². The summed E-state index contributed by atoms with van der Waals surface area (Å²) in [6, 6.07) is 1.40. The molecule has 1 heterocycles. The second kappa shape index (κ2) is 6.85. The third-order valence-electron chi connectivity index (χ3n) is 4.35. The zero-order valence-corrected chi connectivity index (χ0v) is 12.0. The monoisotopic (exact) mass is 255 g/mol. The third kappa shape index (κ3) is 3.67. The number of hydrogen-bond acceptors (Lipinski definition) is 4. The summed E-state index contributed by atoms with van der Waals surface area (Å²) in [6.45, 7) is 10.4. The average Bonchev–Trinajstić information content (AvgIpc) is 2.27. The zero-order valence-electron chi connectivity index (χ0n) is 12.0. The molecule has 1 saturated carbocycles. The molecule has 2 fully saturated rings. The lowest BCUT2D eigenvalue weighted by Gasteiger charge is -2.42. The first kappa shape index (κ1) is 14.3. The Labute approximate surface area is 111 Å². The Balaban J connectivity index is 1.81. The number of rotatable bonds is 6. The van der Waals surface area contributed by atoms with Gasteiger partial charge in [0.2, 0.25) is 0 Å². The zero-order chi connectivity index (χ0) is 13.0. The van der Waals surface area contributed by atoms with Crippen molar-refractivity contribution in [3.05, 3.63) is 0 Å². The maximum atomic E-state index is 5.93. The number of nitrogens with zero attached hydrogens (tertiary/aromatic N) is 2. The molecular formula is C14H29N3O. The Morgan fingerprint density at radius 1 is 1.39 bits per heavy atom. The van der Waals surface area contributed by atoms with Gasteiger partial charge in [-0.05, 0) is 26.7 Å². The van der Waals surface area contributed by atoms with Crippen LogP contribution in [0, 0.1) is 0 Å². The van der Waals surface area contributed by atoms with Crippen molar-refractivity contribution in [2.75, 3.05) is 39.3 Å². The van der Waals surface area contributed by atoms with Gasteiger partial charge in [-0.2, -0.15) is 0 Å². The van der Waals surface area contributed by atoms with E-state index in [1.165, 1.54) is 19.3 Å². The molecule has 0 aromatic heterocycles. The van der Waals surface area contributed by atoms with Crippen LogP contribution in [0.3, 0.4) is 0 Å². The second-order valence-electron chi connectivity index (χ2n) is 5.95. The fraction of sp³-hybridized carbons (Fsp3) is 1.00. The largest absolute Gasteiger partial charge is 0.374 e. The summed E-state index contributed by atoms with van der Waals surface area (Å²) in [6.07, 6.45) is 4.45. The number of ether oxygens (including phenoxy) is 1. The molecule has 1 atom stereocenters.